The van der Waals surface area contributed by atoms with E-state index in [4.69, 9.17) is 5.73 Å². The van der Waals surface area contributed by atoms with Crippen LogP contribution in [0.25, 0.3) is 0 Å². The molecular formula is C17H19N5O2S. The molecule has 0 aliphatic rings. The van der Waals surface area contributed by atoms with E-state index in [0.717, 1.165) is 10.6 Å². The SMILES string of the molecule is CC(C)(Nc1c(N)n(Cc2ccccc2)c(=O)[nH]c1=O)c1nccs1. The van der Waals surface area contributed by atoms with E-state index >= 15 is 0 Å². The quantitative estimate of drug-likeness (QED) is 0.647. The van der Waals surface area contributed by atoms with Gasteiger partial charge in [-0.05, 0) is 19.4 Å². The Hall–Kier alpha value is -2.87. The van der Waals surface area contributed by atoms with E-state index in [1.54, 1.807) is 6.20 Å². The summed E-state index contributed by atoms with van der Waals surface area (Å²) in [6, 6.07) is 9.44. The van der Waals surface area contributed by atoms with Crippen molar-refractivity contribution in [2.24, 2.45) is 0 Å². The number of hydrogen-bond donors (Lipinski definition) is 3. The molecular weight excluding hydrogens is 338 g/mol. The van der Waals surface area contributed by atoms with Crippen molar-refractivity contribution < 1.29 is 0 Å². The number of nitrogen functional groups attached to an aromatic ring is 1. The number of nitrogens with two attached hydrogens (primary N) is 1. The largest absolute Gasteiger partial charge is 0.383 e. The fourth-order valence-corrected chi connectivity index (χ4v) is 3.25. The number of nitrogens with one attached hydrogen (secondary N) is 2. The smallest absolute Gasteiger partial charge is 0.330 e. The zero-order valence-corrected chi connectivity index (χ0v) is 14.8. The first-order valence-electron chi connectivity index (χ1n) is 7.73. The molecule has 0 aliphatic heterocycles. The number of rotatable bonds is 5. The second-order valence-electron chi connectivity index (χ2n) is 6.18. The lowest BCUT2D eigenvalue weighted by Gasteiger charge is -2.26. The fourth-order valence-electron chi connectivity index (χ4n) is 2.53. The Bertz CT molecular complexity index is 975. The molecule has 0 bridgehead atoms. The van der Waals surface area contributed by atoms with Crippen LogP contribution >= 0.6 is 11.3 Å². The van der Waals surface area contributed by atoms with Crippen LogP contribution in [0.2, 0.25) is 0 Å². The summed E-state index contributed by atoms with van der Waals surface area (Å²) in [5.74, 6) is 0.0993. The van der Waals surface area contributed by atoms with Crippen molar-refractivity contribution >= 4 is 22.8 Å². The lowest BCUT2D eigenvalue weighted by atomic mass is 10.1. The van der Waals surface area contributed by atoms with Gasteiger partial charge in [-0.2, -0.15) is 0 Å². The normalized spacial score (nSPS) is 11.4. The number of H-pyrrole nitrogens is 1. The van der Waals surface area contributed by atoms with Gasteiger partial charge in [0.2, 0.25) is 0 Å². The summed E-state index contributed by atoms with van der Waals surface area (Å²) in [6.45, 7) is 4.07. The third-order valence-corrected chi connectivity index (χ3v) is 4.92. The Kier molecular flexibility index (Phi) is 4.45. The van der Waals surface area contributed by atoms with Gasteiger partial charge in [-0.25, -0.2) is 9.78 Å². The second-order valence-corrected chi connectivity index (χ2v) is 7.07. The maximum Gasteiger partial charge on any atom is 0.330 e. The molecule has 0 saturated heterocycles. The first-order valence-corrected chi connectivity index (χ1v) is 8.61. The Morgan fingerprint density at radius 2 is 2.00 bits per heavy atom. The molecule has 3 aromatic rings. The van der Waals surface area contributed by atoms with Gasteiger partial charge in [0.25, 0.3) is 5.56 Å². The van der Waals surface area contributed by atoms with E-state index in [1.807, 2.05) is 49.6 Å². The Labute approximate surface area is 148 Å². The average Bonchev–Trinajstić information content (AvgIpc) is 3.12. The number of hydrogen-bond acceptors (Lipinski definition) is 6. The molecule has 0 amide bonds. The molecule has 0 radical (unpaired) electrons. The predicted octanol–water partition coefficient (Wildman–Crippen LogP) is 1.97. The van der Waals surface area contributed by atoms with Crippen LogP contribution in [0.1, 0.15) is 24.4 Å². The number of aromatic amines is 1. The van der Waals surface area contributed by atoms with Crippen molar-refractivity contribution in [3.63, 3.8) is 0 Å². The van der Waals surface area contributed by atoms with Crippen LogP contribution in [0.4, 0.5) is 11.5 Å². The highest BCUT2D eigenvalue weighted by atomic mass is 32.1. The number of thiazole rings is 1. The second kappa shape index (κ2) is 6.56. The molecule has 2 heterocycles. The molecule has 25 heavy (non-hydrogen) atoms. The minimum atomic E-state index is -0.607. The fraction of sp³-hybridized carbons (Fsp3) is 0.235. The van der Waals surface area contributed by atoms with Gasteiger partial charge in [-0.3, -0.25) is 14.3 Å². The molecule has 0 unspecified atom stereocenters. The van der Waals surface area contributed by atoms with Gasteiger partial charge in [0.05, 0.1) is 12.1 Å². The highest BCUT2D eigenvalue weighted by Gasteiger charge is 2.26. The highest BCUT2D eigenvalue weighted by molar-refractivity contribution is 7.09. The third kappa shape index (κ3) is 3.48. The van der Waals surface area contributed by atoms with Crippen LogP contribution in [-0.2, 0) is 12.1 Å². The number of nitrogens with zero attached hydrogens (tertiary/aromatic N) is 2. The van der Waals surface area contributed by atoms with Gasteiger partial charge in [0.1, 0.15) is 16.5 Å². The molecule has 4 N–H and O–H groups in total. The lowest BCUT2D eigenvalue weighted by Crippen LogP contribution is -2.38. The lowest BCUT2D eigenvalue weighted by molar-refractivity contribution is 0.600. The van der Waals surface area contributed by atoms with Crippen LogP contribution in [0, 0.1) is 0 Å². The number of aromatic nitrogens is 3. The van der Waals surface area contributed by atoms with E-state index < -0.39 is 16.8 Å². The molecule has 1 aromatic carbocycles. The Morgan fingerprint density at radius 1 is 1.28 bits per heavy atom. The van der Waals surface area contributed by atoms with Crippen LogP contribution < -0.4 is 22.3 Å². The van der Waals surface area contributed by atoms with Gasteiger partial charge in [-0.1, -0.05) is 30.3 Å². The molecule has 0 spiro atoms. The Morgan fingerprint density at radius 3 is 2.64 bits per heavy atom. The van der Waals surface area contributed by atoms with Gasteiger partial charge in [-0.15, -0.1) is 11.3 Å². The first kappa shape index (κ1) is 17.0. The summed E-state index contributed by atoms with van der Waals surface area (Å²) >= 11 is 1.48. The minimum Gasteiger partial charge on any atom is -0.383 e. The van der Waals surface area contributed by atoms with Gasteiger partial charge in [0, 0.05) is 11.6 Å². The average molecular weight is 357 g/mol. The monoisotopic (exact) mass is 357 g/mol. The summed E-state index contributed by atoms with van der Waals surface area (Å²) in [4.78, 5) is 31.1. The standard InChI is InChI=1S/C17H19N5O2S/c1-17(2,15-19-8-9-25-15)21-12-13(18)22(16(24)20-14(12)23)10-11-6-4-3-5-7-11/h3-9,21H,10,18H2,1-2H3,(H,20,23,24). The van der Waals surface area contributed by atoms with Gasteiger partial charge >= 0.3 is 5.69 Å². The van der Waals surface area contributed by atoms with Crippen molar-refractivity contribution in [2.75, 3.05) is 11.1 Å². The predicted molar refractivity (Wildman–Crippen MR) is 100 cm³/mol. The van der Waals surface area contributed by atoms with Crippen molar-refractivity contribution in [1.82, 2.24) is 14.5 Å². The topological polar surface area (TPSA) is 106 Å². The molecule has 3 rings (SSSR count). The van der Waals surface area contributed by atoms with E-state index in [2.05, 4.69) is 15.3 Å². The summed E-state index contributed by atoms with van der Waals surface area (Å²) in [7, 11) is 0. The zero-order chi connectivity index (χ0) is 18.0. The molecule has 2 aromatic heterocycles. The molecule has 0 fully saturated rings. The van der Waals surface area contributed by atoms with E-state index in [1.165, 1.54) is 15.9 Å². The van der Waals surface area contributed by atoms with Crippen molar-refractivity contribution in [3.05, 3.63) is 73.3 Å². The first-order chi connectivity index (χ1) is 11.9. The van der Waals surface area contributed by atoms with Crippen LogP contribution in [0.15, 0.2) is 51.5 Å². The molecule has 0 aliphatic carbocycles. The summed E-state index contributed by atoms with van der Waals surface area (Å²) in [5.41, 5.74) is 5.54. The van der Waals surface area contributed by atoms with Crippen LogP contribution in [-0.4, -0.2) is 14.5 Å². The Balaban J connectivity index is 2.02. The van der Waals surface area contributed by atoms with Gasteiger partial charge < -0.3 is 11.1 Å². The van der Waals surface area contributed by atoms with E-state index in [9.17, 15) is 9.59 Å². The molecule has 0 saturated carbocycles. The minimum absolute atomic E-state index is 0.0993. The highest BCUT2D eigenvalue weighted by Crippen LogP contribution is 2.27. The maximum atomic E-state index is 12.3. The third-order valence-electron chi connectivity index (χ3n) is 3.83. The maximum absolute atomic E-state index is 12.3. The van der Waals surface area contributed by atoms with Crippen LogP contribution in [0.5, 0.6) is 0 Å². The van der Waals surface area contributed by atoms with Crippen molar-refractivity contribution in [1.29, 1.82) is 0 Å². The number of anilines is 2. The molecule has 7 nitrogen and oxygen atoms in total. The molecule has 8 heteroatoms. The number of benzene rings is 1. The van der Waals surface area contributed by atoms with E-state index in [-0.39, 0.29) is 18.1 Å². The van der Waals surface area contributed by atoms with Crippen molar-refractivity contribution in [2.45, 2.75) is 25.9 Å². The van der Waals surface area contributed by atoms with Gasteiger partial charge in [0.15, 0.2) is 0 Å². The molecule has 130 valence electrons. The molecule has 0 atom stereocenters. The summed E-state index contributed by atoms with van der Waals surface area (Å²) in [6.07, 6.45) is 1.70. The van der Waals surface area contributed by atoms with Crippen LogP contribution in [0.3, 0.4) is 0 Å². The van der Waals surface area contributed by atoms with E-state index in [0.29, 0.717) is 0 Å². The summed E-state index contributed by atoms with van der Waals surface area (Å²) in [5, 5.41) is 5.81. The van der Waals surface area contributed by atoms with Crippen molar-refractivity contribution in [3.8, 4) is 0 Å². The summed E-state index contributed by atoms with van der Waals surface area (Å²) < 4.78 is 1.34. The zero-order valence-electron chi connectivity index (χ0n) is 13.9.